The van der Waals surface area contributed by atoms with Crippen LogP contribution in [0, 0.1) is 0 Å². The number of benzene rings is 1. The third-order valence-corrected chi connectivity index (χ3v) is 7.24. The first kappa shape index (κ1) is 19.7. The Morgan fingerprint density at radius 1 is 1.16 bits per heavy atom. The molecule has 0 spiro atoms. The van der Waals surface area contributed by atoms with Gasteiger partial charge in [-0.05, 0) is 67.8 Å². The molecule has 2 N–H and O–H groups in total. The number of fused-ring (bicyclic) bond motifs is 3. The first-order valence-corrected chi connectivity index (χ1v) is 11.3. The first-order chi connectivity index (χ1) is 15.5. The zero-order chi connectivity index (χ0) is 22.0. The maximum Gasteiger partial charge on any atom is 0.258 e. The number of hydrogen-bond acceptors (Lipinski definition) is 6. The van der Waals surface area contributed by atoms with Gasteiger partial charge in [-0.25, -0.2) is 4.39 Å². The van der Waals surface area contributed by atoms with Gasteiger partial charge in [0.1, 0.15) is 11.9 Å². The lowest BCUT2D eigenvalue weighted by Crippen LogP contribution is -2.57. The molecule has 2 aliphatic heterocycles. The molecular formula is C24H26FN5O2. The van der Waals surface area contributed by atoms with E-state index < -0.39 is 6.17 Å². The summed E-state index contributed by atoms with van der Waals surface area (Å²) in [6, 6.07) is 9.25. The molecule has 7 nitrogen and oxygen atoms in total. The molecule has 166 valence electrons. The number of rotatable bonds is 4. The van der Waals surface area contributed by atoms with Crippen molar-refractivity contribution in [1.29, 1.82) is 0 Å². The summed E-state index contributed by atoms with van der Waals surface area (Å²) in [5.41, 5.74) is 0.875. The summed E-state index contributed by atoms with van der Waals surface area (Å²) >= 11 is 0. The van der Waals surface area contributed by atoms with Crippen LogP contribution in [0.4, 0.5) is 10.2 Å². The Balaban J connectivity index is 1.34. The lowest BCUT2D eigenvalue weighted by atomic mass is 9.95. The van der Waals surface area contributed by atoms with Crippen LogP contribution < -0.4 is 15.8 Å². The van der Waals surface area contributed by atoms with Crippen molar-refractivity contribution in [2.24, 2.45) is 7.05 Å². The molecule has 6 rings (SSSR count). The number of alkyl halides is 1. The van der Waals surface area contributed by atoms with E-state index in [0.29, 0.717) is 34.5 Å². The molecule has 0 radical (unpaired) electrons. The number of aryl methyl sites for hydroxylation is 1. The summed E-state index contributed by atoms with van der Waals surface area (Å²) in [6.45, 7) is 0. The molecule has 2 saturated heterocycles. The predicted molar refractivity (Wildman–Crippen MR) is 121 cm³/mol. The van der Waals surface area contributed by atoms with Gasteiger partial charge in [-0.1, -0.05) is 0 Å². The van der Waals surface area contributed by atoms with Crippen molar-refractivity contribution in [3.8, 4) is 17.0 Å². The van der Waals surface area contributed by atoms with Gasteiger partial charge in [-0.3, -0.25) is 4.79 Å². The van der Waals surface area contributed by atoms with Gasteiger partial charge < -0.3 is 19.9 Å². The number of nitrogens with one attached hydrogen (secondary N) is 1. The van der Waals surface area contributed by atoms with Crippen LogP contribution in [0.3, 0.4) is 0 Å². The second-order valence-electron chi connectivity index (χ2n) is 9.40. The van der Waals surface area contributed by atoms with E-state index in [-0.39, 0.29) is 23.4 Å². The second kappa shape index (κ2) is 7.27. The van der Waals surface area contributed by atoms with Gasteiger partial charge >= 0.3 is 0 Å². The lowest BCUT2D eigenvalue weighted by Gasteiger charge is -2.41. The minimum Gasteiger partial charge on any atom is -0.507 e. The minimum absolute atomic E-state index is 0.0133. The molecule has 8 heteroatoms. The standard InChI is InChI=1S/C24H26FN5O2/c1-29-9-8-13-10-17(21(31)12-16(13)24(29)32)18-6-7-22(28-27-18)30(15-3-4-15)20-11-14-2-5-19(26-14)23(20)25/h6-10,12,14-15,19-20,23,26,31H,2-5,11H2,1H3. The number of halogens is 1. The number of nitrogens with zero attached hydrogens (tertiary/aromatic N) is 4. The largest absolute Gasteiger partial charge is 0.507 e. The SMILES string of the molecule is Cn1ccc2cc(-c3ccc(N(C4CC4)C4CC5CCC(N5)C4F)nn3)c(O)cc2c1=O. The Morgan fingerprint density at radius 2 is 2.00 bits per heavy atom. The Hall–Kier alpha value is -3.00. The fraction of sp³-hybridized carbons (Fsp3) is 0.458. The molecule has 1 saturated carbocycles. The van der Waals surface area contributed by atoms with Crippen molar-refractivity contribution >= 4 is 16.6 Å². The molecule has 3 aromatic rings. The van der Waals surface area contributed by atoms with Crippen LogP contribution in [0.5, 0.6) is 5.75 Å². The normalized spacial score (nSPS) is 27.1. The molecule has 1 aliphatic carbocycles. The van der Waals surface area contributed by atoms with Gasteiger partial charge in [0.05, 0.1) is 17.1 Å². The van der Waals surface area contributed by atoms with E-state index in [0.717, 1.165) is 37.5 Å². The van der Waals surface area contributed by atoms with Crippen molar-refractivity contribution in [2.45, 2.75) is 62.4 Å². The molecule has 32 heavy (non-hydrogen) atoms. The first-order valence-electron chi connectivity index (χ1n) is 11.3. The summed E-state index contributed by atoms with van der Waals surface area (Å²) in [5.74, 6) is 0.681. The molecule has 4 heterocycles. The van der Waals surface area contributed by atoms with Crippen LogP contribution in [-0.2, 0) is 7.05 Å². The Morgan fingerprint density at radius 3 is 2.75 bits per heavy atom. The summed E-state index contributed by atoms with van der Waals surface area (Å²) in [5, 5.41) is 24.0. The summed E-state index contributed by atoms with van der Waals surface area (Å²) in [6.07, 6.45) is 5.62. The molecule has 4 atom stereocenters. The van der Waals surface area contributed by atoms with Crippen LogP contribution in [0.25, 0.3) is 22.0 Å². The van der Waals surface area contributed by atoms with E-state index in [1.807, 2.05) is 18.2 Å². The van der Waals surface area contributed by atoms with E-state index in [1.165, 1.54) is 10.6 Å². The van der Waals surface area contributed by atoms with Gasteiger partial charge in [0.15, 0.2) is 5.82 Å². The van der Waals surface area contributed by atoms with Crippen molar-refractivity contribution in [1.82, 2.24) is 20.1 Å². The van der Waals surface area contributed by atoms with Crippen LogP contribution >= 0.6 is 0 Å². The average molecular weight is 436 g/mol. The van der Waals surface area contributed by atoms with Gasteiger partial charge in [-0.15, -0.1) is 10.2 Å². The van der Waals surface area contributed by atoms with E-state index in [4.69, 9.17) is 0 Å². The Bertz CT molecular complexity index is 1240. The highest BCUT2D eigenvalue weighted by Gasteiger charge is 2.48. The number of aromatic hydroxyl groups is 1. The van der Waals surface area contributed by atoms with Gasteiger partial charge in [0, 0.05) is 36.9 Å². The number of phenols is 1. The topological polar surface area (TPSA) is 83.3 Å². The van der Waals surface area contributed by atoms with Crippen LogP contribution in [0.15, 0.2) is 41.3 Å². The number of hydrogen-bond donors (Lipinski definition) is 2. The fourth-order valence-corrected chi connectivity index (χ4v) is 5.41. The molecule has 0 amide bonds. The number of aromatic nitrogens is 3. The maximum absolute atomic E-state index is 15.3. The average Bonchev–Trinajstić information content (AvgIpc) is 3.55. The van der Waals surface area contributed by atoms with Crippen molar-refractivity contribution in [2.75, 3.05) is 4.90 Å². The number of anilines is 1. The molecule has 2 bridgehead atoms. The van der Waals surface area contributed by atoms with E-state index in [9.17, 15) is 9.90 Å². The molecule has 3 fully saturated rings. The molecule has 1 aromatic carbocycles. The van der Waals surface area contributed by atoms with Crippen molar-refractivity contribution < 1.29 is 9.50 Å². The van der Waals surface area contributed by atoms with E-state index in [2.05, 4.69) is 20.4 Å². The van der Waals surface area contributed by atoms with Crippen molar-refractivity contribution in [3.63, 3.8) is 0 Å². The second-order valence-corrected chi connectivity index (χ2v) is 9.40. The van der Waals surface area contributed by atoms with Crippen LogP contribution in [0.1, 0.15) is 32.1 Å². The Kier molecular flexibility index (Phi) is 4.47. The summed E-state index contributed by atoms with van der Waals surface area (Å²) in [4.78, 5) is 14.5. The lowest BCUT2D eigenvalue weighted by molar-refractivity contribution is 0.171. The third kappa shape index (κ3) is 3.16. The predicted octanol–water partition coefficient (Wildman–Crippen LogP) is 2.90. The van der Waals surface area contributed by atoms with Gasteiger partial charge in [0.2, 0.25) is 0 Å². The Labute approximate surface area is 184 Å². The third-order valence-electron chi connectivity index (χ3n) is 7.24. The highest BCUT2D eigenvalue weighted by atomic mass is 19.1. The highest BCUT2D eigenvalue weighted by molar-refractivity contribution is 5.89. The number of piperidine rings is 1. The monoisotopic (exact) mass is 435 g/mol. The quantitative estimate of drug-likeness (QED) is 0.656. The van der Waals surface area contributed by atoms with Crippen LogP contribution in [0.2, 0.25) is 0 Å². The summed E-state index contributed by atoms with van der Waals surface area (Å²) in [7, 11) is 1.68. The van der Waals surface area contributed by atoms with Crippen molar-refractivity contribution in [3.05, 3.63) is 46.9 Å². The summed E-state index contributed by atoms with van der Waals surface area (Å²) < 4.78 is 16.7. The van der Waals surface area contributed by atoms with E-state index >= 15 is 4.39 Å². The number of pyridine rings is 1. The molecule has 2 aromatic heterocycles. The molecule has 4 unspecified atom stereocenters. The smallest absolute Gasteiger partial charge is 0.258 e. The molecular weight excluding hydrogens is 409 g/mol. The zero-order valence-corrected chi connectivity index (χ0v) is 17.9. The van der Waals surface area contributed by atoms with Crippen LogP contribution in [-0.4, -0.2) is 50.2 Å². The minimum atomic E-state index is -0.914. The van der Waals surface area contributed by atoms with Gasteiger partial charge in [0.25, 0.3) is 5.56 Å². The zero-order valence-electron chi connectivity index (χ0n) is 17.9. The fourth-order valence-electron chi connectivity index (χ4n) is 5.41. The highest BCUT2D eigenvalue weighted by Crippen LogP contribution is 2.40. The van der Waals surface area contributed by atoms with E-state index in [1.54, 1.807) is 19.3 Å². The molecule has 3 aliphatic rings. The maximum atomic E-state index is 15.3. The number of phenolic OH excluding ortho intramolecular Hbond substituents is 1. The van der Waals surface area contributed by atoms with Gasteiger partial charge in [-0.2, -0.15) is 0 Å².